The third-order valence-corrected chi connectivity index (χ3v) is 4.40. The molecule has 0 spiro atoms. The molecule has 0 radical (unpaired) electrons. The average Bonchev–Trinajstić information content (AvgIpc) is 3.24. The number of nitrogens with one attached hydrogen (secondary N) is 2. The first-order valence-corrected chi connectivity index (χ1v) is 8.85. The molecular weight excluding hydrogens is 451 g/mol. The Labute approximate surface area is 178 Å². The van der Waals surface area contributed by atoms with Gasteiger partial charge in [0.05, 0.1) is 7.11 Å². The third-order valence-electron chi connectivity index (χ3n) is 4.40. The van der Waals surface area contributed by atoms with Crippen molar-refractivity contribution in [2.24, 2.45) is 4.99 Å². The van der Waals surface area contributed by atoms with E-state index in [0.717, 1.165) is 31.3 Å². The van der Waals surface area contributed by atoms with Crippen molar-refractivity contribution in [1.82, 2.24) is 10.6 Å². The molecule has 2 aromatic carbocycles. The number of hydrogen-bond donors (Lipinski definition) is 2. The van der Waals surface area contributed by atoms with Gasteiger partial charge < -0.3 is 20.3 Å². The lowest BCUT2D eigenvalue weighted by Crippen LogP contribution is -2.36. The van der Waals surface area contributed by atoms with Crippen molar-refractivity contribution in [3.8, 4) is 5.75 Å². The Hall–Kier alpha value is -2.22. The van der Waals surface area contributed by atoms with Gasteiger partial charge in [-0.05, 0) is 35.4 Å². The van der Waals surface area contributed by atoms with E-state index in [-0.39, 0.29) is 24.0 Å². The minimum atomic E-state index is 0. The minimum absolute atomic E-state index is 0. The van der Waals surface area contributed by atoms with E-state index in [1.165, 1.54) is 16.8 Å². The molecule has 1 aliphatic heterocycles. The van der Waals surface area contributed by atoms with Gasteiger partial charge in [-0.15, -0.1) is 24.0 Å². The van der Waals surface area contributed by atoms with Gasteiger partial charge in [0.25, 0.3) is 0 Å². The van der Waals surface area contributed by atoms with Crippen molar-refractivity contribution in [3.05, 3.63) is 71.8 Å². The van der Waals surface area contributed by atoms with Gasteiger partial charge >= 0.3 is 0 Å². The summed E-state index contributed by atoms with van der Waals surface area (Å²) < 4.78 is 5.19. The van der Waals surface area contributed by atoms with Crippen molar-refractivity contribution in [1.29, 1.82) is 0 Å². The molecule has 0 bridgehead atoms. The summed E-state index contributed by atoms with van der Waals surface area (Å²) in [6.45, 7) is 3.42. The molecule has 0 saturated carbocycles. The molecule has 0 amide bonds. The first kappa shape index (κ1) is 21.1. The van der Waals surface area contributed by atoms with Gasteiger partial charge in [-0.1, -0.05) is 36.4 Å². The van der Waals surface area contributed by atoms with Crippen LogP contribution in [-0.4, -0.2) is 33.2 Å². The van der Waals surface area contributed by atoms with Crippen LogP contribution in [0, 0.1) is 0 Å². The maximum atomic E-state index is 5.19. The second-order valence-corrected chi connectivity index (χ2v) is 6.17. The summed E-state index contributed by atoms with van der Waals surface area (Å²) in [5, 5.41) is 6.72. The Morgan fingerprint density at radius 1 is 1.00 bits per heavy atom. The van der Waals surface area contributed by atoms with Crippen molar-refractivity contribution < 1.29 is 4.74 Å². The number of ether oxygens (including phenoxy) is 1. The SMILES string of the molecule is CN=C(NCc1ccc(OC)cc1)NCc1cccc(N2CC=CC2)c1.I. The zero-order valence-corrected chi connectivity index (χ0v) is 18.1. The highest BCUT2D eigenvalue weighted by Crippen LogP contribution is 2.18. The number of anilines is 1. The van der Waals surface area contributed by atoms with Crippen molar-refractivity contribution in [3.63, 3.8) is 0 Å². The quantitative estimate of drug-likeness (QED) is 0.289. The highest BCUT2D eigenvalue weighted by Gasteiger charge is 2.08. The molecule has 1 heterocycles. The minimum Gasteiger partial charge on any atom is -0.497 e. The zero-order chi connectivity index (χ0) is 18.2. The highest BCUT2D eigenvalue weighted by atomic mass is 127. The van der Waals surface area contributed by atoms with Gasteiger partial charge in [0.15, 0.2) is 5.96 Å². The summed E-state index contributed by atoms with van der Waals surface area (Å²) in [4.78, 5) is 6.65. The van der Waals surface area contributed by atoms with E-state index < -0.39 is 0 Å². The van der Waals surface area contributed by atoms with Gasteiger partial charge in [-0.25, -0.2) is 0 Å². The van der Waals surface area contributed by atoms with Gasteiger partial charge in [-0.2, -0.15) is 0 Å². The van der Waals surface area contributed by atoms with E-state index in [0.29, 0.717) is 6.54 Å². The lowest BCUT2D eigenvalue weighted by atomic mass is 10.2. The van der Waals surface area contributed by atoms with Crippen LogP contribution in [0.5, 0.6) is 5.75 Å². The van der Waals surface area contributed by atoms with Gasteiger partial charge in [0, 0.05) is 38.9 Å². The Morgan fingerprint density at radius 3 is 2.30 bits per heavy atom. The second kappa shape index (κ2) is 10.8. The van der Waals surface area contributed by atoms with Gasteiger partial charge in [-0.3, -0.25) is 4.99 Å². The number of rotatable bonds is 6. The summed E-state index contributed by atoms with van der Waals surface area (Å²) in [5.74, 6) is 1.65. The fourth-order valence-electron chi connectivity index (χ4n) is 2.89. The highest BCUT2D eigenvalue weighted by molar-refractivity contribution is 14.0. The molecule has 0 fully saturated rings. The Morgan fingerprint density at radius 2 is 1.67 bits per heavy atom. The molecule has 2 N–H and O–H groups in total. The number of halogens is 1. The number of hydrogen-bond acceptors (Lipinski definition) is 3. The maximum Gasteiger partial charge on any atom is 0.191 e. The molecule has 0 atom stereocenters. The Kier molecular flexibility index (Phi) is 8.44. The third kappa shape index (κ3) is 6.16. The second-order valence-electron chi connectivity index (χ2n) is 6.17. The first-order chi connectivity index (χ1) is 12.8. The largest absolute Gasteiger partial charge is 0.497 e. The Bertz CT molecular complexity index is 766. The van der Waals surface area contributed by atoms with Crippen LogP contribution in [0.3, 0.4) is 0 Å². The topological polar surface area (TPSA) is 48.9 Å². The number of aliphatic imine (C=N–C) groups is 1. The number of guanidine groups is 1. The summed E-state index contributed by atoms with van der Waals surface area (Å²) >= 11 is 0. The summed E-state index contributed by atoms with van der Waals surface area (Å²) in [7, 11) is 3.46. The number of benzene rings is 2. The molecule has 0 unspecified atom stereocenters. The van der Waals surface area contributed by atoms with E-state index >= 15 is 0 Å². The normalized spacial score (nSPS) is 13.3. The number of nitrogens with zero attached hydrogens (tertiary/aromatic N) is 2. The summed E-state index contributed by atoms with van der Waals surface area (Å²) in [6.07, 6.45) is 4.41. The van der Waals surface area contributed by atoms with Crippen LogP contribution in [0.4, 0.5) is 5.69 Å². The van der Waals surface area contributed by atoms with Crippen LogP contribution in [-0.2, 0) is 13.1 Å². The molecule has 0 saturated heterocycles. The molecule has 3 rings (SSSR count). The maximum absolute atomic E-state index is 5.19. The fourth-order valence-corrected chi connectivity index (χ4v) is 2.89. The van der Waals surface area contributed by atoms with E-state index in [1.807, 2.05) is 24.3 Å². The van der Waals surface area contributed by atoms with Crippen LogP contribution in [0.1, 0.15) is 11.1 Å². The molecule has 2 aromatic rings. The standard InChI is InChI=1S/C21H26N4O.HI/c1-22-21(23-15-17-8-10-20(26-2)11-9-17)24-16-18-6-5-7-19(14-18)25-12-3-4-13-25;/h3-11,14H,12-13,15-16H2,1-2H3,(H2,22,23,24);1H. The molecule has 6 heteroatoms. The van der Waals surface area contributed by atoms with Crippen LogP contribution in [0.15, 0.2) is 65.7 Å². The summed E-state index contributed by atoms with van der Waals surface area (Å²) in [5.41, 5.74) is 3.68. The van der Waals surface area contributed by atoms with E-state index in [2.05, 4.69) is 56.9 Å². The molecule has 144 valence electrons. The molecule has 1 aliphatic rings. The van der Waals surface area contributed by atoms with Crippen LogP contribution in [0.25, 0.3) is 0 Å². The molecule has 27 heavy (non-hydrogen) atoms. The molecular formula is C21H27IN4O. The molecule has 5 nitrogen and oxygen atoms in total. The van der Waals surface area contributed by atoms with E-state index in [9.17, 15) is 0 Å². The lowest BCUT2D eigenvalue weighted by molar-refractivity contribution is 0.414. The van der Waals surface area contributed by atoms with E-state index in [4.69, 9.17) is 4.74 Å². The predicted octanol–water partition coefficient (Wildman–Crippen LogP) is 3.55. The van der Waals surface area contributed by atoms with Crippen molar-refractivity contribution in [2.75, 3.05) is 32.1 Å². The van der Waals surface area contributed by atoms with Gasteiger partial charge in [0.2, 0.25) is 0 Å². The monoisotopic (exact) mass is 478 g/mol. The van der Waals surface area contributed by atoms with Crippen LogP contribution in [0.2, 0.25) is 0 Å². The smallest absolute Gasteiger partial charge is 0.191 e. The zero-order valence-electron chi connectivity index (χ0n) is 15.8. The average molecular weight is 478 g/mol. The van der Waals surface area contributed by atoms with Gasteiger partial charge in [0.1, 0.15) is 5.75 Å². The predicted molar refractivity (Wildman–Crippen MR) is 123 cm³/mol. The number of methoxy groups -OCH3 is 1. The first-order valence-electron chi connectivity index (χ1n) is 8.85. The van der Waals surface area contributed by atoms with Crippen molar-refractivity contribution in [2.45, 2.75) is 13.1 Å². The summed E-state index contributed by atoms with van der Waals surface area (Å²) in [6, 6.07) is 16.7. The molecule has 0 aromatic heterocycles. The fraction of sp³-hybridized carbons (Fsp3) is 0.286. The lowest BCUT2D eigenvalue weighted by Gasteiger charge is -2.19. The van der Waals surface area contributed by atoms with Crippen LogP contribution >= 0.6 is 24.0 Å². The van der Waals surface area contributed by atoms with Crippen LogP contribution < -0.4 is 20.3 Å². The van der Waals surface area contributed by atoms with E-state index in [1.54, 1.807) is 14.2 Å². The molecule has 0 aliphatic carbocycles. The Balaban J connectivity index is 0.00000261. The van der Waals surface area contributed by atoms with Crippen molar-refractivity contribution >= 4 is 35.6 Å².